The number of hydrogen-bond acceptors (Lipinski definition) is 2. The molecule has 3 rings (SSSR count). The molecular weight excluding hydrogens is 260 g/mol. The molecule has 1 saturated heterocycles. The number of hydrogen-bond donors (Lipinski definition) is 2. The van der Waals surface area contributed by atoms with Crippen molar-refractivity contribution in [3.8, 4) is 0 Å². The first-order valence-electron chi connectivity index (χ1n) is 7.31. The van der Waals surface area contributed by atoms with Crippen LogP contribution in [0, 0.1) is 13.8 Å². The van der Waals surface area contributed by atoms with E-state index in [9.17, 15) is 4.79 Å². The Morgan fingerprint density at radius 1 is 1.00 bits per heavy atom. The number of piperazine rings is 1. The maximum absolute atomic E-state index is 12.8. The van der Waals surface area contributed by atoms with E-state index in [1.807, 2.05) is 30.3 Å². The Bertz CT molecular complexity index is 666. The van der Waals surface area contributed by atoms with Crippen LogP contribution in [0.1, 0.15) is 22.3 Å². The van der Waals surface area contributed by atoms with E-state index in [4.69, 9.17) is 0 Å². The van der Waals surface area contributed by atoms with Gasteiger partial charge in [-0.25, -0.2) is 0 Å². The SMILES string of the molecule is Cc1ccc(C2(c3ccccc3)NCCNC2=O)c(C)c1. The van der Waals surface area contributed by atoms with E-state index in [0.717, 1.165) is 23.2 Å². The Hall–Kier alpha value is -2.13. The van der Waals surface area contributed by atoms with Crippen molar-refractivity contribution >= 4 is 5.91 Å². The number of carbonyl (C=O) groups excluding carboxylic acids is 1. The molecule has 1 heterocycles. The van der Waals surface area contributed by atoms with Crippen molar-refractivity contribution in [2.24, 2.45) is 0 Å². The van der Waals surface area contributed by atoms with E-state index in [1.54, 1.807) is 0 Å². The van der Waals surface area contributed by atoms with Gasteiger partial charge in [0.25, 0.3) is 0 Å². The van der Waals surface area contributed by atoms with Crippen LogP contribution in [-0.2, 0) is 10.3 Å². The highest BCUT2D eigenvalue weighted by Gasteiger charge is 2.44. The monoisotopic (exact) mass is 280 g/mol. The van der Waals surface area contributed by atoms with Gasteiger partial charge in [0, 0.05) is 13.1 Å². The fourth-order valence-electron chi connectivity index (χ4n) is 3.17. The molecule has 1 aliphatic heterocycles. The van der Waals surface area contributed by atoms with Gasteiger partial charge in [-0.2, -0.15) is 0 Å². The molecule has 21 heavy (non-hydrogen) atoms. The van der Waals surface area contributed by atoms with E-state index < -0.39 is 5.54 Å². The number of nitrogens with one attached hydrogen (secondary N) is 2. The van der Waals surface area contributed by atoms with Crippen LogP contribution >= 0.6 is 0 Å². The van der Waals surface area contributed by atoms with Gasteiger partial charge in [-0.15, -0.1) is 0 Å². The van der Waals surface area contributed by atoms with E-state index in [0.29, 0.717) is 6.54 Å². The molecule has 2 N–H and O–H groups in total. The zero-order valence-electron chi connectivity index (χ0n) is 12.4. The zero-order valence-corrected chi connectivity index (χ0v) is 12.4. The lowest BCUT2D eigenvalue weighted by atomic mass is 9.78. The quantitative estimate of drug-likeness (QED) is 0.886. The van der Waals surface area contributed by atoms with E-state index in [2.05, 4.69) is 42.7 Å². The molecule has 1 fully saturated rings. The summed E-state index contributed by atoms with van der Waals surface area (Å²) in [5, 5.41) is 6.47. The van der Waals surface area contributed by atoms with E-state index in [1.165, 1.54) is 5.56 Å². The van der Waals surface area contributed by atoms with Gasteiger partial charge in [-0.1, -0.05) is 54.1 Å². The summed E-state index contributed by atoms with van der Waals surface area (Å²) in [4.78, 5) is 12.8. The molecule has 1 unspecified atom stereocenters. The molecule has 0 saturated carbocycles. The summed E-state index contributed by atoms with van der Waals surface area (Å²) in [6.45, 7) is 5.56. The lowest BCUT2D eigenvalue weighted by Gasteiger charge is -2.39. The second-order valence-electron chi connectivity index (χ2n) is 5.62. The maximum Gasteiger partial charge on any atom is 0.249 e. The summed E-state index contributed by atoms with van der Waals surface area (Å²) in [6, 6.07) is 16.2. The number of benzene rings is 2. The van der Waals surface area contributed by atoms with Crippen molar-refractivity contribution in [1.82, 2.24) is 10.6 Å². The first kappa shape index (κ1) is 13.8. The van der Waals surface area contributed by atoms with Crippen LogP contribution in [0.25, 0.3) is 0 Å². The largest absolute Gasteiger partial charge is 0.353 e. The highest BCUT2D eigenvalue weighted by atomic mass is 16.2. The lowest BCUT2D eigenvalue weighted by molar-refractivity contribution is -0.127. The summed E-state index contributed by atoms with van der Waals surface area (Å²) < 4.78 is 0. The summed E-state index contributed by atoms with van der Waals surface area (Å²) >= 11 is 0. The van der Waals surface area contributed by atoms with Crippen molar-refractivity contribution in [2.45, 2.75) is 19.4 Å². The number of amides is 1. The maximum atomic E-state index is 12.8. The van der Waals surface area contributed by atoms with Crippen molar-refractivity contribution < 1.29 is 4.79 Å². The molecule has 0 aromatic heterocycles. The van der Waals surface area contributed by atoms with Crippen LogP contribution in [0.15, 0.2) is 48.5 Å². The van der Waals surface area contributed by atoms with Gasteiger partial charge in [0.2, 0.25) is 5.91 Å². The highest BCUT2D eigenvalue weighted by molar-refractivity contribution is 5.92. The first-order valence-corrected chi connectivity index (χ1v) is 7.31. The molecule has 3 nitrogen and oxygen atoms in total. The summed E-state index contributed by atoms with van der Waals surface area (Å²) in [7, 11) is 0. The van der Waals surface area contributed by atoms with Gasteiger partial charge in [0.05, 0.1) is 0 Å². The first-order chi connectivity index (χ1) is 10.1. The molecular formula is C18H20N2O. The Labute approximate surface area is 125 Å². The van der Waals surface area contributed by atoms with Crippen molar-refractivity contribution in [2.75, 3.05) is 13.1 Å². The molecule has 0 aliphatic carbocycles. The smallest absolute Gasteiger partial charge is 0.249 e. The van der Waals surface area contributed by atoms with E-state index >= 15 is 0 Å². The fraction of sp³-hybridized carbons (Fsp3) is 0.278. The molecule has 1 atom stereocenters. The Kier molecular flexibility index (Phi) is 3.52. The topological polar surface area (TPSA) is 41.1 Å². The van der Waals surface area contributed by atoms with Gasteiger partial charge < -0.3 is 5.32 Å². The van der Waals surface area contributed by atoms with Gasteiger partial charge in [0.1, 0.15) is 5.54 Å². The van der Waals surface area contributed by atoms with Gasteiger partial charge in [-0.3, -0.25) is 10.1 Å². The second kappa shape index (κ2) is 5.34. The van der Waals surface area contributed by atoms with Crippen LogP contribution in [0.2, 0.25) is 0 Å². The van der Waals surface area contributed by atoms with Crippen LogP contribution in [0.4, 0.5) is 0 Å². The second-order valence-corrected chi connectivity index (χ2v) is 5.62. The number of rotatable bonds is 2. The molecule has 0 radical (unpaired) electrons. The normalized spacial score (nSPS) is 21.9. The predicted molar refractivity (Wildman–Crippen MR) is 84.2 cm³/mol. The molecule has 0 bridgehead atoms. The Morgan fingerprint density at radius 2 is 1.76 bits per heavy atom. The number of aryl methyl sites for hydroxylation is 2. The summed E-state index contributed by atoms with van der Waals surface area (Å²) in [5.74, 6) is 0.0203. The van der Waals surface area contributed by atoms with Crippen LogP contribution in [-0.4, -0.2) is 19.0 Å². The summed E-state index contributed by atoms with van der Waals surface area (Å²) in [5.41, 5.74) is 3.54. The average Bonchev–Trinajstić information content (AvgIpc) is 2.49. The van der Waals surface area contributed by atoms with Gasteiger partial charge in [0.15, 0.2) is 0 Å². The molecule has 1 amide bonds. The minimum Gasteiger partial charge on any atom is -0.353 e. The van der Waals surface area contributed by atoms with Crippen molar-refractivity contribution in [3.63, 3.8) is 0 Å². The standard InChI is InChI=1S/C18H20N2O/c1-13-8-9-16(14(2)12-13)18(15-6-4-3-5-7-15)17(21)19-10-11-20-18/h3-9,12,20H,10-11H2,1-2H3,(H,19,21). The van der Waals surface area contributed by atoms with Crippen molar-refractivity contribution in [3.05, 3.63) is 70.8 Å². The molecule has 108 valence electrons. The number of carbonyl (C=O) groups is 1. The summed E-state index contributed by atoms with van der Waals surface area (Å²) in [6.07, 6.45) is 0. The third-order valence-electron chi connectivity index (χ3n) is 4.13. The Morgan fingerprint density at radius 3 is 2.43 bits per heavy atom. The zero-order chi connectivity index (χ0) is 14.9. The van der Waals surface area contributed by atoms with E-state index in [-0.39, 0.29) is 5.91 Å². The predicted octanol–water partition coefficient (Wildman–Crippen LogP) is 2.27. The van der Waals surface area contributed by atoms with Gasteiger partial charge in [-0.05, 0) is 30.5 Å². The molecule has 0 spiro atoms. The van der Waals surface area contributed by atoms with Crippen LogP contribution in [0.5, 0.6) is 0 Å². The van der Waals surface area contributed by atoms with Crippen LogP contribution < -0.4 is 10.6 Å². The molecule has 2 aromatic rings. The highest BCUT2D eigenvalue weighted by Crippen LogP contribution is 2.33. The lowest BCUT2D eigenvalue weighted by Crippen LogP contribution is -2.61. The fourth-order valence-corrected chi connectivity index (χ4v) is 3.17. The van der Waals surface area contributed by atoms with Crippen LogP contribution in [0.3, 0.4) is 0 Å². The van der Waals surface area contributed by atoms with Gasteiger partial charge >= 0.3 is 0 Å². The molecule has 1 aliphatic rings. The average molecular weight is 280 g/mol. The minimum absolute atomic E-state index is 0.0203. The molecule has 3 heteroatoms. The minimum atomic E-state index is -0.794. The van der Waals surface area contributed by atoms with Crippen molar-refractivity contribution in [1.29, 1.82) is 0 Å². The molecule has 2 aromatic carbocycles. The third kappa shape index (κ3) is 2.24. The Balaban J connectivity index is 2.24. The third-order valence-corrected chi connectivity index (χ3v) is 4.13.